The third-order valence-corrected chi connectivity index (χ3v) is 1.95. The van der Waals surface area contributed by atoms with E-state index < -0.39 is 0 Å². The van der Waals surface area contributed by atoms with Crippen LogP contribution in [0, 0.1) is 0 Å². The molecule has 0 aliphatic rings. The van der Waals surface area contributed by atoms with E-state index in [1.165, 1.54) is 6.20 Å². The van der Waals surface area contributed by atoms with Gasteiger partial charge in [-0.25, -0.2) is 4.98 Å². The van der Waals surface area contributed by atoms with Gasteiger partial charge in [-0.2, -0.15) is 0 Å². The van der Waals surface area contributed by atoms with Crippen molar-refractivity contribution >= 4 is 11.6 Å². The maximum atomic E-state index is 5.59. The summed E-state index contributed by atoms with van der Waals surface area (Å²) in [6, 6.07) is 3.58. The summed E-state index contributed by atoms with van der Waals surface area (Å²) in [5.41, 5.74) is 0.718. The summed E-state index contributed by atoms with van der Waals surface area (Å²) >= 11 is 5.59. The minimum Gasteiger partial charge on any atom is -0.436 e. The van der Waals surface area contributed by atoms with E-state index in [9.17, 15) is 0 Å². The number of aromatic nitrogens is 3. The molecule has 15 heavy (non-hydrogen) atoms. The highest BCUT2D eigenvalue weighted by Gasteiger charge is 1.99. The summed E-state index contributed by atoms with van der Waals surface area (Å²) < 4.78 is 5.40. The van der Waals surface area contributed by atoms with Crippen molar-refractivity contribution in [3.63, 3.8) is 0 Å². The van der Waals surface area contributed by atoms with Crippen molar-refractivity contribution in [2.45, 2.75) is 5.88 Å². The SMILES string of the molecule is ClCc1cnc(Oc2cccnc2)cn1. The van der Waals surface area contributed by atoms with Gasteiger partial charge in [0.25, 0.3) is 0 Å². The van der Waals surface area contributed by atoms with Crippen molar-refractivity contribution in [1.82, 2.24) is 15.0 Å². The van der Waals surface area contributed by atoms with Crippen LogP contribution in [-0.4, -0.2) is 15.0 Å². The molecule has 0 amide bonds. The first kappa shape index (κ1) is 9.86. The average molecular weight is 222 g/mol. The monoisotopic (exact) mass is 221 g/mol. The molecule has 0 saturated carbocycles. The first-order valence-corrected chi connectivity index (χ1v) is 4.86. The molecule has 4 nitrogen and oxygen atoms in total. The Labute approximate surface area is 91.9 Å². The van der Waals surface area contributed by atoms with Crippen molar-refractivity contribution < 1.29 is 4.74 Å². The molecule has 0 atom stereocenters. The van der Waals surface area contributed by atoms with Gasteiger partial charge in [-0.05, 0) is 12.1 Å². The molecule has 76 valence electrons. The molecule has 0 N–H and O–H groups in total. The molecule has 5 heteroatoms. The number of hydrogen-bond acceptors (Lipinski definition) is 4. The number of nitrogens with zero attached hydrogens (tertiary/aromatic N) is 3. The second-order valence-electron chi connectivity index (χ2n) is 2.77. The van der Waals surface area contributed by atoms with Gasteiger partial charge >= 0.3 is 0 Å². The largest absolute Gasteiger partial charge is 0.436 e. The summed E-state index contributed by atoms with van der Waals surface area (Å²) in [4.78, 5) is 12.0. The zero-order valence-corrected chi connectivity index (χ0v) is 8.55. The van der Waals surface area contributed by atoms with Gasteiger partial charge in [-0.15, -0.1) is 11.6 Å². The van der Waals surface area contributed by atoms with E-state index in [1.807, 2.05) is 0 Å². The first-order chi connectivity index (χ1) is 7.38. The second kappa shape index (κ2) is 4.70. The molecule has 0 bridgehead atoms. The molecule has 0 aromatic carbocycles. The van der Waals surface area contributed by atoms with Crippen LogP contribution >= 0.6 is 11.6 Å². The van der Waals surface area contributed by atoms with Gasteiger partial charge in [-0.3, -0.25) is 9.97 Å². The Bertz CT molecular complexity index is 418. The molecule has 0 aliphatic heterocycles. The van der Waals surface area contributed by atoms with Crippen LogP contribution in [0.15, 0.2) is 36.9 Å². The number of ether oxygens (including phenoxy) is 1. The molecule has 2 aromatic heterocycles. The Morgan fingerprint density at radius 1 is 1.20 bits per heavy atom. The summed E-state index contributed by atoms with van der Waals surface area (Å²) in [5.74, 6) is 1.41. The highest BCUT2D eigenvalue weighted by molar-refractivity contribution is 6.16. The smallest absolute Gasteiger partial charge is 0.237 e. The third kappa shape index (κ3) is 2.63. The first-order valence-electron chi connectivity index (χ1n) is 4.33. The number of hydrogen-bond donors (Lipinski definition) is 0. The molecule has 0 saturated heterocycles. The van der Waals surface area contributed by atoms with E-state index in [0.29, 0.717) is 17.5 Å². The lowest BCUT2D eigenvalue weighted by atomic mass is 10.5. The molecular weight excluding hydrogens is 214 g/mol. The van der Waals surface area contributed by atoms with Gasteiger partial charge in [0, 0.05) is 6.20 Å². The maximum absolute atomic E-state index is 5.59. The van der Waals surface area contributed by atoms with Crippen LogP contribution in [0.2, 0.25) is 0 Å². The van der Waals surface area contributed by atoms with Gasteiger partial charge < -0.3 is 4.74 Å². The standard InChI is InChI=1S/C10H8ClN3O/c11-4-8-5-14-10(7-13-8)15-9-2-1-3-12-6-9/h1-3,5-7H,4H2. The average Bonchev–Trinajstić information content (AvgIpc) is 2.31. The lowest BCUT2D eigenvalue weighted by Gasteiger charge is -2.02. The topological polar surface area (TPSA) is 47.9 Å². The van der Waals surface area contributed by atoms with E-state index >= 15 is 0 Å². The van der Waals surface area contributed by atoms with Crippen molar-refractivity contribution in [2.75, 3.05) is 0 Å². The lowest BCUT2D eigenvalue weighted by Crippen LogP contribution is -1.92. The fourth-order valence-corrected chi connectivity index (χ4v) is 1.13. The number of rotatable bonds is 3. The van der Waals surface area contributed by atoms with Gasteiger partial charge in [0.2, 0.25) is 5.88 Å². The van der Waals surface area contributed by atoms with Crippen LogP contribution in [0.1, 0.15) is 5.69 Å². The van der Waals surface area contributed by atoms with Gasteiger partial charge in [-0.1, -0.05) is 0 Å². The van der Waals surface area contributed by atoms with E-state index in [0.717, 1.165) is 5.69 Å². The summed E-state index contributed by atoms with van der Waals surface area (Å²) in [6.07, 6.45) is 6.40. The highest BCUT2D eigenvalue weighted by atomic mass is 35.5. The Hall–Kier alpha value is -1.68. The molecule has 0 unspecified atom stereocenters. The Morgan fingerprint density at radius 2 is 2.13 bits per heavy atom. The van der Waals surface area contributed by atoms with Crippen molar-refractivity contribution in [3.8, 4) is 11.6 Å². The van der Waals surface area contributed by atoms with E-state index in [-0.39, 0.29) is 0 Å². The fourth-order valence-electron chi connectivity index (χ4n) is 0.993. The Morgan fingerprint density at radius 3 is 2.73 bits per heavy atom. The molecular formula is C10H8ClN3O. The Balaban J connectivity index is 2.11. The van der Waals surface area contributed by atoms with Crippen molar-refractivity contribution in [3.05, 3.63) is 42.6 Å². The van der Waals surface area contributed by atoms with E-state index in [2.05, 4.69) is 15.0 Å². The minimum absolute atomic E-state index is 0.347. The zero-order valence-electron chi connectivity index (χ0n) is 7.80. The second-order valence-corrected chi connectivity index (χ2v) is 3.04. The van der Waals surface area contributed by atoms with Crippen LogP contribution < -0.4 is 4.74 Å². The molecule has 2 heterocycles. The van der Waals surface area contributed by atoms with Crippen LogP contribution in [0.5, 0.6) is 11.6 Å². The molecule has 2 rings (SSSR count). The lowest BCUT2D eigenvalue weighted by molar-refractivity contribution is 0.457. The van der Waals surface area contributed by atoms with Gasteiger partial charge in [0.15, 0.2) is 0 Å². The molecule has 0 spiro atoms. The van der Waals surface area contributed by atoms with Crippen molar-refractivity contribution in [2.24, 2.45) is 0 Å². The fraction of sp³-hybridized carbons (Fsp3) is 0.100. The summed E-state index contributed by atoms with van der Waals surface area (Å²) in [6.45, 7) is 0. The molecule has 0 aliphatic carbocycles. The summed E-state index contributed by atoms with van der Waals surface area (Å²) in [7, 11) is 0. The molecule has 2 aromatic rings. The highest BCUT2D eigenvalue weighted by Crippen LogP contribution is 2.16. The third-order valence-electron chi connectivity index (χ3n) is 1.68. The van der Waals surface area contributed by atoms with E-state index in [4.69, 9.17) is 16.3 Å². The summed E-state index contributed by atoms with van der Waals surface area (Å²) in [5, 5.41) is 0. The minimum atomic E-state index is 0.347. The van der Waals surface area contributed by atoms with Crippen LogP contribution in [0.25, 0.3) is 0 Å². The number of alkyl halides is 1. The number of pyridine rings is 1. The molecule has 0 radical (unpaired) electrons. The van der Waals surface area contributed by atoms with Crippen LogP contribution in [-0.2, 0) is 5.88 Å². The quantitative estimate of drug-likeness (QED) is 0.747. The van der Waals surface area contributed by atoms with Gasteiger partial charge in [0.1, 0.15) is 5.75 Å². The normalized spacial score (nSPS) is 9.93. The van der Waals surface area contributed by atoms with Crippen LogP contribution in [0.4, 0.5) is 0 Å². The zero-order chi connectivity index (χ0) is 10.5. The predicted molar refractivity (Wildman–Crippen MR) is 55.9 cm³/mol. The maximum Gasteiger partial charge on any atom is 0.237 e. The molecule has 0 fully saturated rings. The van der Waals surface area contributed by atoms with E-state index in [1.54, 1.807) is 30.7 Å². The van der Waals surface area contributed by atoms with Gasteiger partial charge in [0.05, 0.1) is 30.2 Å². The Kier molecular flexibility index (Phi) is 3.09. The predicted octanol–water partition coefficient (Wildman–Crippen LogP) is 2.40. The van der Waals surface area contributed by atoms with Crippen molar-refractivity contribution in [1.29, 1.82) is 0 Å². The van der Waals surface area contributed by atoms with Crippen LogP contribution in [0.3, 0.4) is 0 Å². The number of halogens is 1.